The van der Waals surface area contributed by atoms with E-state index in [1.165, 1.54) is 0 Å². The summed E-state index contributed by atoms with van der Waals surface area (Å²) < 4.78 is 1.80. The standard InChI is InChI=1S/C16H19Cl2N5O/c1-22(9-11-3-2-4-13(17)15(11)18)16(24)14-10-23(21-20-14)12-5-7-19-8-6-12/h2-4,10,12,19H,5-9H2,1H3. The highest BCUT2D eigenvalue weighted by Crippen LogP contribution is 2.26. The van der Waals surface area contributed by atoms with Crippen LogP contribution in [0.25, 0.3) is 0 Å². The number of nitrogens with one attached hydrogen (secondary N) is 1. The number of nitrogens with zero attached hydrogens (tertiary/aromatic N) is 4. The molecule has 1 saturated heterocycles. The van der Waals surface area contributed by atoms with E-state index in [2.05, 4.69) is 15.6 Å². The molecule has 1 aliphatic rings. The number of hydrogen-bond donors (Lipinski definition) is 1. The van der Waals surface area contributed by atoms with Gasteiger partial charge in [0.15, 0.2) is 5.69 Å². The molecule has 24 heavy (non-hydrogen) atoms. The first-order chi connectivity index (χ1) is 11.6. The highest BCUT2D eigenvalue weighted by Gasteiger charge is 2.21. The summed E-state index contributed by atoms with van der Waals surface area (Å²) in [5, 5.41) is 12.4. The molecule has 1 amide bonds. The smallest absolute Gasteiger partial charge is 0.276 e. The number of carbonyl (C=O) groups is 1. The molecule has 0 unspecified atom stereocenters. The first-order valence-electron chi connectivity index (χ1n) is 7.87. The second-order valence-electron chi connectivity index (χ2n) is 5.94. The third kappa shape index (κ3) is 3.71. The van der Waals surface area contributed by atoms with Crippen molar-refractivity contribution in [3.8, 4) is 0 Å². The molecule has 1 aromatic carbocycles. The average Bonchev–Trinajstić information content (AvgIpc) is 3.09. The molecular formula is C16H19Cl2N5O. The van der Waals surface area contributed by atoms with Crippen LogP contribution >= 0.6 is 23.2 Å². The van der Waals surface area contributed by atoms with Crippen LogP contribution in [0, 0.1) is 0 Å². The van der Waals surface area contributed by atoms with Gasteiger partial charge in [0, 0.05) is 13.6 Å². The summed E-state index contributed by atoms with van der Waals surface area (Å²) >= 11 is 12.2. The molecule has 0 atom stereocenters. The van der Waals surface area contributed by atoms with E-state index in [1.54, 1.807) is 28.9 Å². The quantitative estimate of drug-likeness (QED) is 0.902. The number of carbonyl (C=O) groups excluding carboxylic acids is 1. The largest absolute Gasteiger partial charge is 0.336 e. The van der Waals surface area contributed by atoms with Crippen molar-refractivity contribution in [3.63, 3.8) is 0 Å². The number of amides is 1. The fraction of sp³-hybridized carbons (Fsp3) is 0.438. The van der Waals surface area contributed by atoms with E-state index in [0.717, 1.165) is 31.5 Å². The number of halogens is 2. The lowest BCUT2D eigenvalue weighted by molar-refractivity contribution is 0.0779. The normalized spacial score (nSPS) is 15.5. The maximum Gasteiger partial charge on any atom is 0.276 e. The van der Waals surface area contributed by atoms with Gasteiger partial charge in [-0.3, -0.25) is 4.79 Å². The molecule has 0 aliphatic carbocycles. The Hall–Kier alpha value is -1.63. The summed E-state index contributed by atoms with van der Waals surface area (Å²) in [7, 11) is 1.71. The van der Waals surface area contributed by atoms with E-state index in [1.807, 2.05) is 12.1 Å². The Morgan fingerprint density at radius 1 is 1.38 bits per heavy atom. The van der Waals surface area contributed by atoms with Gasteiger partial charge >= 0.3 is 0 Å². The molecule has 2 aromatic rings. The van der Waals surface area contributed by atoms with Crippen molar-refractivity contribution in [2.24, 2.45) is 0 Å². The second kappa shape index (κ2) is 7.51. The van der Waals surface area contributed by atoms with E-state index in [9.17, 15) is 4.79 Å². The minimum absolute atomic E-state index is 0.189. The van der Waals surface area contributed by atoms with Gasteiger partial charge in [-0.15, -0.1) is 5.10 Å². The predicted molar refractivity (Wildman–Crippen MR) is 93.4 cm³/mol. The third-order valence-electron chi connectivity index (χ3n) is 4.20. The maximum atomic E-state index is 12.6. The van der Waals surface area contributed by atoms with Gasteiger partial charge in [0.05, 0.1) is 22.3 Å². The van der Waals surface area contributed by atoms with Gasteiger partial charge in [-0.05, 0) is 37.6 Å². The molecule has 1 fully saturated rings. The summed E-state index contributed by atoms with van der Waals surface area (Å²) in [6.45, 7) is 2.28. The number of hydrogen-bond acceptors (Lipinski definition) is 4. The molecule has 0 bridgehead atoms. The van der Waals surface area contributed by atoms with Crippen molar-refractivity contribution in [1.29, 1.82) is 0 Å². The van der Waals surface area contributed by atoms with Gasteiger partial charge < -0.3 is 10.2 Å². The van der Waals surface area contributed by atoms with Crippen molar-refractivity contribution in [2.75, 3.05) is 20.1 Å². The number of aromatic nitrogens is 3. The predicted octanol–water partition coefficient (Wildman–Crippen LogP) is 2.78. The summed E-state index contributed by atoms with van der Waals surface area (Å²) in [6.07, 6.45) is 3.71. The summed E-state index contributed by atoms with van der Waals surface area (Å²) in [5.74, 6) is -0.189. The summed E-state index contributed by atoms with van der Waals surface area (Å²) in [6, 6.07) is 5.69. The minimum atomic E-state index is -0.189. The van der Waals surface area contributed by atoms with Crippen LogP contribution in [0.15, 0.2) is 24.4 Å². The van der Waals surface area contributed by atoms with Crippen molar-refractivity contribution in [1.82, 2.24) is 25.2 Å². The Morgan fingerprint density at radius 2 is 2.12 bits per heavy atom. The zero-order valence-corrected chi connectivity index (χ0v) is 14.9. The third-order valence-corrected chi connectivity index (χ3v) is 5.06. The zero-order valence-electron chi connectivity index (χ0n) is 13.4. The highest BCUT2D eigenvalue weighted by atomic mass is 35.5. The van der Waals surface area contributed by atoms with Crippen LogP contribution in [-0.4, -0.2) is 45.9 Å². The van der Waals surface area contributed by atoms with Gasteiger partial charge in [0.2, 0.25) is 0 Å². The van der Waals surface area contributed by atoms with Crippen LogP contribution in [0.5, 0.6) is 0 Å². The molecule has 128 valence electrons. The lowest BCUT2D eigenvalue weighted by atomic mass is 10.1. The fourth-order valence-electron chi connectivity index (χ4n) is 2.82. The first kappa shape index (κ1) is 17.2. The summed E-state index contributed by atoms with van der Waals surface area (Å²) in [5.41, 5.74) is 1.14. The molecule has 0 radical (unpaired) electrons. The molecule has 1 N–H and O–H groups in total. The van der Waals surface area contributed by atoms with Crippen LogP contribution in [0.3, 0.4) is 0 Å². The Balaban J connectivity index is 1.69. The van der Waals surface area contributed by atoms with Gasteiger partial charge in [-0.1, -0.05) is 40.5 Å². The SMILES string of the molecule is CN(Cc1cccc(Cl)c1Cl)C(=O)c1cn(C2CCNCC2)nn1. The van der Waals surface area contributed by atoms with Crippen molar-refractivity contribution < 1.29 is 4.79 Å². The number of piperidine rings is 1. The Bertz CT molecular complexity index is 727. The lowest BCUT2D eigenvalue weighted by Gasteiger charge is -2.22. The Morgan fingerprint density at radius 3 is 2.88 bits per heavy atom. The Kier molecular flexibility index (Phi) is 5.38. The molecule has 2 heterocycles. The van der Waals surface area contributed by atoms with Crippen LogP contribution in [0.1, 0.15) is 34.9 Å². The van der Waals surface area contributed by atoms with E-state index in [0.29, 0.717) is 28.3 Å². The average molecular weight is 368 g/mol. The molecule has 1 aromatic heterocycles. The summed E-state index contributed by atoms with van der Waals surface area (Å²) in [4.78, 5) is 14.1. The van der Waals surface area contributed by atoms with Gasteiger partial charge in [-0.25, -0.2) is 4.68 Å². The zero-order chi connectivity index (χ0) is 17.1. The molecule has 0 spiro atoms. The van der Waals surface area contributed by atoms with Gasteiger partial charge in [0.1, 0.15) is 0 Å². The minimum Gasteiger partial charge on any atom is -0.336 e. The van der Waals surface area contributed by atoms with E-state index < -0.39 is 0 Å². The molecule has 6 nitrogen and oxygen atoms in total. The fourth-order valence-corrected chi connectivity index (χ4v) is 3.20. The highest BCUT2D eigenvalue weighted by molar-refractivity contribution is 6.42. The second-order valence-corrected chi connectivity index (χ2v) is 6.72. The monoisotopic (exact) mass is 367 g/mol. The molecule has 3 rings (SSSR count). The molecule has 1 aliphatic heterocycles. The van der Waals surface area contributed by atoms with E-state index in [4.69, 9.17) is 23.2 Å². The van der Waals surface area contributed by atoms with Gasteiger partial charge in [-0.2, -0.15) is 0 Å². The van der Waals surface area contributed by atoms with E-state index >= 15 is 0 Å². The molecule has 0 saturated carbocycles. The van der Waals surface area contributed by atoms with Crippen molar-refractivity contribution >= 4 is 29.1 Å². The number of benzene rings is 1. The lowest BCUT2D eigenvalue weighted by Crippen LogP contribution is -2.29. The van der Waals surface area contributed by atoms with Crippen molar-refractivity contribution in [3.05, 3.63) is 45.7 Å². The van der Waals surface area contributed by atoms with E-state index in [-0.39, 0.29) is 5.91 Å². The van der Waals surface area contributed by atoms with Crippen molar-refractivity contribution in [2.45, 2.75) is 25.4 Å². The van der Waals surface area contributed by atoms with Gasteiger partial charge in [0.25, 0.3) is 5.91 Å². The molecular weight excluding hydrogens is 349 g/mol. The van der Waals surface area contributed by atoms with Crippen LogP contribution < -0.4 is 5.32 Å². The topological polar surface area (TPSA) is 63.1 Å². The van der Waals surface area contributed by atoms with Crippen LogP contribution in [0.2, 0.25) is 10.0 Å². The number of rotatable bonds is 4. The first-order valence-corrected chi connectivity index (χ1v) is 8.62. The van der Waals surface area contributed by atoms with Crippen LogP contribution in [-0.2, 0) is 6.54 Å². The Labute approximate surface area is 150 Å². The maximum absolute atomic E-state index is 12.6. The molecule has 8 heteroatoms. The van der Waals surface area contributed by atoms with Crippen LogP contribution in [0.4, 0.5) is 0 Å².